The number of benzene rings is 2. The molecule has 1 heterocycles. The topological polar surface area (TPSA) is 41.6 Å². The number of hydrogen-bond donors (Lipinski definition) is 1. The number of hydrogen-bond acceptors (Lipinski definition) is 3. The van der Waals surface area contributed by atoms with Crippen LogP contribution in [0, 0.1) is 11.7 Å². The van der Waals surface area contributed by atoms with E-state index in [0.29, 0.717) is 36.7 Å². The van der Waals surface area contributed by atoms with Crippen molar-refractivity contribution in [2.75, 3.05) is 25.0 Å². The number of halogens is 1. The summed E-state index contributed by atoms with van der Waals surface area (Å²) in [5, 5.41) is 3.00. The highest BCUT2D eigenvalue weighted by molar-refractivity contribution is 5.94. The third-order valence-electron chi connectivity index (χ3n) is 4.67. The highest BCUT2D eigenvalue weighted by Gasteiger charge is 2.26. The Bertz CT molecular complexity index is 750. The monoisotopic (exact) mass is 356 g/mol. The molecule has 1 atom stereocenters. The van der Waals surface area contributed by atoms with Gasteiger partial charge in [0.25, 0.3) is 0 Å². The van der Waals surface area contributed by atoms with Crippen molar-refractivity contribution in [3.8, 4) is 5.75 Å². The number of amides is 1. The van der Waals surface area contributed by atoms with Crippen LogP contribution in [0.1, 0.15) is 25.3 Å². The lowest BCUT2D eigenvalue weighted by Crippen LogP contribution is -2.40. The summed E-state index contributed by atoms with van der Waals surface area (Å²) < 4.78 is 19.5. The molecule has 1 amide bonds. The zero-order chi connectivity index (χ0) is 18.4. The van der Waals surface area contributed by atoms with E-state index in [1.807, 2.05) is 37.3 Å². The Morgan fingerprint density at radius 2 is 2.00 bits per heavy atom. The average Bonchev–Trinajstić information content (AvgIpc) is 2.66. The number of carbonyl (C=O) groups excluding carboxylic acids is 1. The molecule has 0 bridgehead atoms. The molecule has 1 aliphatic rings. The zero-order valence-electron chi connectivity index (χ0n) is 15.1. The zero-order valence-corrected chi connectivity index (χ0v) is 15.1. The molecule has 4 nitrogen and oxygen atoms in total. The van der Waals surface area contributed by atoms with Crippen molar-refractivity contribution in [1.29, 1.82) is 0 Å². The summed E-state index contributed by atoms with van der Waals surface area (Å²) >= 11 is 0. The first-order chi connectivity index (χ1) is 12.7. The van der Waals surface area contributed by atoms with Gasteiger partial charge in [-0.3, -0.25) is 9.69 Å². The van der Waals surface area contributed by atoms with Crippen LogP contribution in [0.2, 0.25) is 0 Å². The van der Waals surface area contributed by atoms with E-state index in [9.17, 15) is 9.18 Å². The molecule has 0 aliphatic carbocycles. The Morgan fingerprint density at radius 3 is 2.81 bits per heavy atom. The summed E-state index contributed by atoms with van der Waals surface area (Å²) in [5.74, 6) is 0.382. The van der Waals surface area contributed by atoms with E-state index >= 15 is 0 Å². The molecule has 0 spiro atoms. The van der Waals surface area contributed by atoms with E-state index in [1.54, 1.807) is 12.1 Å². The van der Waals surface area contributed by atoms with E-state index < -0.39 is 0 Å². The number of anilines is 1. The molecule has 5 heteroatoms. The molecule has 1 unspecified atom stereocenters. The molecule has 138 valence electrons. The third kappa shape index (κ3) is 4.61. The summed E-state index contributed by atoms with van der Waals surface area (Å²) in [6, 6.07) is 14.3. The van der Waals surface area contributed by atoms with E-state index in [1.165, 1.54) is 6.07 Å². The number of rotatable bonds is 6. The van der Waals surface area contributed by atoms with E-state index in [4.69, 9.17) is 4.74 Å². The van der Waals surface area contributed by atoms with Crippen molar-refractivity contribution < 1.29 is 13.9 Å². The summed E-state index contributed by atoms with van der Waals surface area (Å²) in [6.45, 7) is 4.52. The number of likely N-dealkylation sites (tertiary alicyclic amines) is 1. The van der Waals surface area contributed by atoms with Gasteiger partial charge in [-0.05, 0) is 44.5 Å². The molecule has 1 saturated heterocycles. The van der Waals surface area contributed by atoms with E-state index in [0.717, 1.165) is 19.4 Å². The second-order valence-corrected chi connectivity index (χ2v) is 6.58. The van der Waals surface area contributed by atoms with Crippen LogP contribution in [0.5, 0.6) is 5.75 Å². The first kappa shape index (κ1) is 18.4. The average molecular weight is 356 g/mol. The molecule has 2 aromatic rings. The van der Waals surface area contributed by atoms with Gasteiger partial charge in [-0.15, -0.1) is 0 Å². The maximum absolute atomic E-state index is 13.9. The molecular formula is C21H25FN2O2. The van der Waals surface area contributed by atoms with Gasteiger partial charge in [-0.2, -0.15) is 0 Å². The van der Waals surface area contributed by atoms with Crippen molar-refractivity contribution >= 4 is 11.6 Å². The molecule has 1 aliphatic heterocycles. The number of nitrogens with zero attached hydrogens (tertiary/aromatic N) is 1. The van der Waals surface area contributed by atoms with Gasteiger partial charge in [0.2, 0.25) is 5.91 Å². The number of carbonyl (C=O) groups is 1. The van der Waals surface area contributed by atoms with Crippen LogP contribution in [-0.2, 0) is 11.3 Å². The van der Waals surface area contributed by atoms with Crippen LogP contribution in [0.25, 0.3) is 0 Å². The smallest absolute Gasteiger partial charge is 0.228 e. The molecule has 0 radical (unpaired) electrons. The van der Waals surface area contributed by atoms with Gasteiger partial charge in [0, 0.05) is 18.7 Å². The van der Waals surface area contributed by atoms with Crippen LogP contribution >= 0.6 is 0 Å². The highest BCUT2D eigenvalue weighted by atomic mass is 19.1. The lowest BCUT2D eigenvalue weighted by atomic mass is 9.96. The van der Waals surface area contributed by atoms with Gasteiger partial charge in [0.1, 0.15) is 11.6 Å². The molecule has 2 aromatic carbocycles. The van der Waals surface area contributed by atoms with Crippen LogP contribution in [-0.4, -0.2) is 30.5 Å². The Labute approximate surface area is 154 Å². The number of nitrogens with one attached hydrogen (secondary N) is 1. The first-order valence-electron chi connectivity index (χ1n) is 9.16. The summed E-state index contributed by atoms with van der Waals surface area (Å²) in [7, 11) is 0. The van der Waals surface area contributed by atoms with Crippen molar-refractivity contribution in [2.45, 2.75) is 26.3 Å². The van der Waals surface area contributed by atoms with Gasteiger partial charge in [0.05, 0.1) is 18.2 Å². The van der Waals surface area contributed by atoms with Crippen molar-refractivity contribution in [2.24, 2.45) is 5.92 Å². The van der Waals surface area contributed by atoms with Gasteiger partial charge in [0.15, 0.2) is 0 Å². The largest absolute Gasteiger partial charge is 0.492 e. The minimum atomic E-state index is -0.190. The van der Waals surface area contributed by atoms with Crippen molar-refractivity contribution in [3.05, 3.63) is 59.9 Å². The lowest BCUT2D eigenvalue weighted by molar-refractivity contribution is -0.121. The normalized spacial score (nSPS) is 17.7. The van der Waals surface area contributed by atoms with E-state index in [2.05, 4.69) is 10.2 Å². The Hall–Kier alpha value is -2.40. The number of para-hydroxylation sites is 2. The minimum absolute atomic E-state index is 0.00427. The van der Waals surface area contributed by atoms with Crippen molar-refractivity contribution in [1.82, 2.24) is 4.90 Å². The maximum Gasteiger partial charge on any atom is 0.228 e. The fraction of sp³-hybridized carbons (Fsp3) is 0.381. The van der Waals surface area contributed by atoms with Crippen LogP contribution in [0.4, 0.5) is 10.1 Å². The number of piperidine rings is 1. The molecule has 0 aromatic heterocycles. The van der Waals surface area contributed by atoms with Crippen LogP contribution in [0.15, 0.2) is 48.5 Å². The predicted octanol–water partition coefficient (Wildman–Crippen LogP) is 4.08. The molecule has 1 N–H and O–H groups in total. The Balaban J connectivity index is 1.62. The summed E-state index contributed by atoms with van der Waals surface area (Å²) in [5.41, 5.74) is 1.38. The predicted molar refractivity (Wildman–Crippen MR) is 101 cm³/mol. The van der Waals surface area contributed by atoms with Gasteiger partial charge < -0.3 is 10.1 Å². The maximum atomic E-state index is 13.9. The van der Waals surface area contributed by atoms with Crippen LogP contribution < -0.4 is 10.1 Å². The highest BCUT2D eigenvalue weighted by Crippen LogP contribution is 2.26. The minimum Gasteiger partial charge on any atom is -0.492 e. The summed E-state index contributed by atoms with van der Waals surface area (Å²) in [4.78, 5) is 14.9. The third-order valence-corrected chi connectivity index (χ3v) is 4.67. The van der Waals surface area contributed by atoms with Gasteiger partial charge in [-0.1, -0.05) is 30.3 Å². The van der Waals surface area contributed by atoms with Crippen molar-refractivity contribution in [3.63, 3.8) is 0 Å². The second kappa shape index (κ2) is 8.81. The standard InChI is InChI=1S/C21H25FN2O2/c1-2-26-20-12-6-5-11-19(20)23-21(25)17-9-7-13-24(15-17)14-16-8-3-4-10-18(16)22/h3-6,8,10-12,17H,2,7,9,13-15H2,1H3,(H,23,25). The second-order valence-electron chi connectivity index (χ2n) is 6.58. The number of ether oxygens (including phenoxy) is 1. The molecular weight excluding hydrogens is 331 g/mol. The SMILES string of the molecule is CCOc1ccccc1NC(=O)C1CCCN(Cc2ccccc2F)C1. The quantitative estimate of drug-likeness (QED) is 0.848. The fourth-order valence-electron chi connectivity index (χ4n) is 3.37. The molecule has 0 saturated carbocycles. The van der Waals surface area contributed by atoms with Crippen LogP contribution in [0.3, 0.4) is 0 Å². The van der Waals surface area contributed by atoms with Gasteiger partial charge in [-0.25, -0.2) is 4.39 Å². The Morgan fingerprint density at radius 1 is 1.23 bits per heavy atom. The van der Waals surface area contributed by atoms with E-state index in [-0.39, 0.29) is 17.6 Å². The fourth-order valence-corrected chi connectivity index (χ4v) is 3.37. The molecule has 3 rings (SSSR count). The first-order valence-corrected chi connectivity index (χ1v) is 9.16. The lowest BCUT2D eigenvalue weighted by Gasteiger charge is -2.32. The summed E-state index contributed by atoms with van der Waals surface area (Å²) in [6.07, 6.45) is 1.77. The molecule has 26 heavy (non-hydrogen) atoms. The van der Waals surface area contributed by atoms with Gasteiger partial charge >= 0.3 is 0 Å². The molecule has 1 fully saturated rings. The Kier molecular flexibility index (Phi) is 6.23.